The van der Waals surface area contributed by atoms with Crippen molar-refractivity contribution in [3.63, 3.8) is 0 Å². The van der Waals surface area contributed by atoms with Crippen LogP contribution < -0.4 is 15.5 Å². The van der Waals surface area contributed by atoms with Crippen molar-refractivity contribution in [3.8, 4) is 0 Å². The van der Waals surface area contributed by atoms with Crippen molar-refractivity contribution in [2.75, 3.05) is 57.3 Å². The quantitative estimate of drug-likeness (QED) is 0.378. The molecule has 0 radical (unpaired) electrons. The Balaban J connectivity index is 1.95. The predicted octanol–water partition coefficient (Wildman–Crippen LogP) is 2.32. The average molecular weight is 419 g/mol. The number of anilines is 1. The second kappa shape index (κ2) is 13.4. The van der Waals surface area contributed by atoms with Crippen LogP contribution in [0.3, 0.4) is 0 Å². The first kappa shape index (κ1) is 24.4. The van der Waals surface area contributed by atoms with Crippen LogP contribution in [0.25, 0.3) is 0 Å². The number of piperazine rings is 1. The fourth-order valence-electron chi connectivity index (χ4n) is 3.93. The molecule has 7 nitrogen and oxygen atoms in total. The maximum atomic E-state index is 9.35. The molecule has 1 aliphatic rings. The van der Waals surface area contributed by atoms with Gasteiger partial charge in [0.25, 0.3) is 0 Å². The smallest absolute Gasteiger partial charge is 0.191 e. The molecule has 0 spiro atoms. The summed E-state index contributed by atoms with van der Waals surface area (Å²) in [6.45, 7) is 16.6. The van der Waals surface area contributed by atoms with Gasteiger partial charge in [-0.3, -0.25) is 0 Å². The SMILES string of the molecule is CCNC(=NCc1ccnc(N2CCN(CC)CC2)c1)NCC(CCO)CC(C)C. The molecule has 0 aromatic carbocycles. The summed E-state index contributed by atoms with van der Waals surface area (Å²) in [7, 11) is 0. The lowest BCUT2D eigenvalue weighted by molar-refractivity contribution is 0.243. The minimum Gasteiger partial charge on any atom is -0.396 e. The van der Waals surface area contributed by atoms with E-state index in [0.29, 0.717) is 18.4 Å². The lowest BCUT2D eigenvalue weighted by atomic mass is 9.94. The number of pyridine rings is 1. The molecule has 0 amide bonds. The number of hydrogen-bond donors (Lipinski definition) is 3. The summed E-state index contributed by atoms with van der Waals surface area (Å²) in [5.74, 6) is 2.96. The van der Waals surface area contributed by atoms with Crippen LogP contribution in [0.15, 0.2) is 23.3 Å². The molecule has 3 N–H and O–H groups in total. The molecule has 1 saturated heterocycles. The van der Waals surface area contributed by atoms with E-state index in [2.05, 4.69) is 59.2 Å². The van der Waals surface area contributed by atoms with Gasteiger partial charge in [0.15, 0.2) is 5.96 Å². The minimum absolute atomic E-state index is 0.235. The molecule has 1 aromatic heterocycles. The first-order chi connectivity index (χ1) is 14.5. The number of aliphatic hydroxyl groups is 1. The van der Waals surface area contributed by atoms with Crippen molar-refractivity contribution in [1.29, 1.82) is 0 Å². The van der Waals surface area contributed by atoms with Crippen LogP contribution >= 0.6 is 0 Å². The van der Waals surface area contributed by atoms with E-state index in [1.54, 1.807) is 0 Å². The topological polar surface area (TPSA) is 76.0 Å². The van der Waals surface area contributed by atoms with Crippen LogP contribution in [-0.4, -0.2) is 73.4 Å². The second-order valence-corrected chi connectivity index (χ2v) is 8.53. The van der Waals surface area contributed by atoms with Crippen molar-refractivity contribution < 1.29 is 5.11 Å². The van der Waals surface area contributed by atoms with Gasteiger partial charge in [-0.15, -0.1) is 0 Å². The van der Waals surface area contributed by atoms with Crippen molar-refractivity contribution in [3.05, 3.63) is 23.9 Å². The van der Waals surface area contributed by atoms with E-state index in [-0.39, 0.29) is 6.61 Å². The molecule has 170 valence electrons. The molecule has 1 aliphatic heterocycles. The number of aliphatic imine (C=N–C) groups is 1. The molecule has 30 heavy (non-hydrogen) atoms. The van der Waals surface area contributed by atoms with Gasteiger partial charge in [-0.25, -0.2) is 9.98 Å². The van der Waals surface area contributed by atoms with E-state index in [4.69, 9.17) is 4.99 Å². The number of aromatic nitrogens is 1. The third-order valence-corrected chi connectivity index (χ3v) is 5.62. The Kier molecular flexibility index (Phi) is 10.9. The zero-order valence-corrected chi connectivity index (χ0v) is 19.4. The van der Waals surface area contributed by atoms with Gasteiger partial charge in [0.1, 0.15) is 5.82 Å². The highest BCUT2D eigenvalue weighted by Gasteiger charge is 2.17. The number of likely N-dealkylation sites (N-methyl/N-ethyl adjacent to an activating group) is 1. The van der Waals surface area contributed by atoms with Crippen molar-refractivity contribution in [2.45, 2.75) is 47.1 Å². The molecule has 0 saturated carbocycles. The first-order valence-electron chi connectivity index (χ1n) is 11.6. The van der Waals surface area contributed by atoms with E-state index in [1.165, 1.54) is 5.56 Å². The Morgan fingerprint density at radius 2 is 1.97 bits per heavy atom. The van der Waals surface area contributed by atoms with E-state index in [1.807, 2.05) is 12.3 Å². The number of nitrogens with zero attached hydrogens (tertiary/aromatic N) is 4. The molecule has 1 fully saturated rings. The Hall–Kier alpha value is -1.86. The van der Waals surface area contributed by atoms with E-state index in [9.17, 15) is 5.11 Å². The molecule has 1 aromatic rings. The van der Waals surface area contributed by atoms with Gasteiger partial charge in [0.2, 0.25) is 0 Å². The highest BCUT2D eigenvalue weighted by molar-refractivity contribution is 5.79. The van der Waals surface area contributed by atoms with Crippen molar-refractivity contribution in [2.24, 2.45) is 16.8 Å². The number of hydrogen-bond acceptors (Lipinski definition) is 5. The summed E-state index contributed by atoms with van der Waals surface area (Å²) in [4.78, 5) is 14.2. The third kappa shape index (κ3) is 8.48. The zero-order chi connectivity index (χ0) is 21.8. The van der Waals surface area contributed by atoms with Crippen LogP contribution in [0.4, 0.5) is 5.82 Å². The Bertz CT molecular complexity index is 628. The van der Waals surface area contributed by atoms with Crippen LogP contribution in [0.1, 0.15) is 46.1 Å². The van der Waals surface area contributed by atoms with Gasteiger partial charge in [-0.2, -0.15) is 0 Å². The van der Waals surface area contributed by atoms with Crippen LogP contribution in [0, 0.1) is 11.8 Å². The van der Waals surface area contributed by atoms with Crippen LogP contribution in [0.5, 0.6) is 0 Å². The monoisotopic (exact) mass is 418 g/mol. The van der Waals surface area contributed by atoms with E-state index >= 15 is 0 Å². The molecule has 1 unspecified atom stereocenters. The van der Waals surface area contributed by atoms with Gasteiger partial charge in [-0.1, -0.05) is 20.8 Å². The van der Waals surface area contributed by atoms with E-state index in [0.717, 1.165) is 70.4 Å². The van der Waals surface area contributed by atoms with Crippen molar-refractivity contribution >= 4 is 11.8 Å². The number of nitrogens with one attached hydrogen (secondary N) is 2. The maximum Gasteiger partial charge on any atom is 0.191 e. The largest absolute Gasteiger partial charge is 0.396 e. The molecule has 0 aliphatic carbocycles. The van der Waals surface area contributed by atoms with Gasteiger partial charge >= 0.3 is 0 Å². The summed E-state index contributed by atoms with van der Waals surface area (Å²) in [6.07, 6.45) is 3.82. The Morgan fingerprint density at radius 3 is 2.60 bits per heavy atom. The van der Waals surface area contributed by atoms with Gasteiger partial charge in [0.05, 0.1) is 6.54 Å². The van der Waals surface area contributed by atoms with Gasteiger partial charge < -0.3 is 25.5 Å². The maximum absolute atomic E-state index is 9.35. The van der Waals surface area contributed by atoms with Gasteiger partial charge in [-0.05, 0) is 55.8 Å². The van der Waals surface area contributed by atoms with Gasteiger partial charge in [0, 0.05) is 52.1 Å². The predicted molar refractivity (Wildman–Crippen MR) is 126 cm³/mol. The molecule has 2 heterocycles. The lowest BCUT2D eigenvalue weighted by Crippen LogP contribution is -2.46. The van der Waals surface area contributed by atoms with Crippen LogP contribution in [0.2, 0.25) is 0 Å². The number of aliphatic hydroxyl groups excluding tert-OH is 1. The highest BCUT2D eigenvalue weighted by atomic mass is 16.3. The molecular weight excluding hydrogens is 376 g/mol. The highest BCUT2D eigenvalue weighted by Crippen LogP contribution is 2.16. The average Bonchev–Trinajstić information content (AvgIpc) is 2.75. The Labute approximate surface area is 183 Å². The summed E-state index contributed by atoms with van der Waals surface area (Å²) in [5, 5.41) is 16.2. The summed E-state index contributed by atoms with van der Waals surface area (Å²) in [5.41, 5.74) is 1.17. The van der Waals surface area contributed by atoms with E-state index < -0.39 is 0 Å². The first-order valence-corrected chi connectivity index (χ1v) is 11.6. The number of rotatable bonds is 11. The normalized spacial score (nSPS) is 16.7. The summed E-state index contributed by atoms with van der Waals surface area (Å²) >= 11 is 0. The lowest BCUT2D eigenvalue weighted by Gasteiger charge is -2.34. The summed E-state index contributed by atoms with van der Waals surface area (Å²) < 4.78 is 0. The zero-order valence-electron chi connectivity index (χ0n) is 19.4. The van der Waals surface area contributed by atoms with Crippen LogP contribution in [-0.2, 0) is 6.54 Å². The molecule has 7 heteroatoms. The molecular formula is C23H42N6O. The molecule has 1 atom stereocenters. The molecule has 2 rings (SSSR count). The fraction of sp³-hybridized carbons (Fsp3) is 0.739. The summed E-state index contributed by atoms with van der Waals surface area (Å²) in [6, 6.07) is 4.22. The minimum atomic E-state index is 0.235. The second-order valence-electron chi connectivity index (χ2n) is 8.53. The molecule has 0 bridgehead atoms. The fourth-order valence-corrected chi connectivity index (χ4v) is 3.93. The standard InChI is InChI=1S/C23H42N6O/c1-5-24-23(27-18-21(8-14-30)15-19(3)4)26-17-20-7-9-25-22(16-20)29-12-10-28(6-2)11-13-29/h7,9,16,19,21,30H,5-6,8,10-15,17-18H2,1-4H3,(H2,24,26,27). The third-order valence-electron chi connectivity index (χ3n) is 5.62. The number of guanidine groups is 1. The van der Waals surface area contributed by atoms with Crippen molar-refractivity contribution in [1.82, 2.24) is 20.5 Å². The Morgan fingerprint density at radius 1 is 1.20 bits per heavy atom.